The number of hydrogen-bond acceptors (Lipinski definition) is 32. The molecular formula is C107H139N13O24S5. The fourth-order valence-electron chi connectivity index (χ4n) is 18.7. The Hall–Kier alpha value is -11.5. The quantitative estimate of drug-likeness (QED) is 0.0128. The van der Waals surface area contributed by atoms with Crippen LogP contribution in [0.3, 0.4) is 0 Å². The molecule has 37 nitrogen and oxygen atoms in total. The van der Waals surface area contributed by atoms with Crippen LogP contribution < -0.4 is 27.4 Å². The summed E-state index contributed by atoms with van der Waals surface area (Å²) in [6.07, 6.45) is 22.1. The number of pyridine rings is 4. The number of sulfone groups is 5. The summed E-state index contributed by atoms with van der Waals surface area (Å²) in [7, 11) is -20.1. The highest BCUT2D eigenvalue weighted by molar-refractivity contribution is 7.95. The van der Waals surface area contributed by atoms with E-state index in [4.69, 9.17) is 34.4 Å². The number of benzene rings is 5. The molecule has 0 aliphatic carbocycles. The minimum Gasteiger partial charge on any atom is -0.381 e. The van der Waals surface area contributed by atoms with Crippen molar-refractivity contribution in [2.45, 2.75) is 258 Å². The monoisotopic (exact) mass is 2150 g/mol. The summed E-state index contributed by atoms with van der Waals surface area (Å²) in [5, 5.41) is 49.8. The number of likely N-dealkylation sites (tertiary alicyclic amines) is 2. The number of aromatic nitrogens is 6. The molecule has 5 saturated heterocycles. The number of carbonyl (C=O) groups is 5. The van der Waals surface area contributed by atoms with Gasteiger partial charge >= 0.3 is 0 Å². The molecular weight excluding hydrogens is 2010 g/mol. The van der Waals surface area contributed by atoms with Crippen LogP contribution in [0.4, 0.5) is 0 Å². The Labute approximate surface area is 872 Å². The van der Waals surface area contributed by atoms with Crippen LogP contribution in [0.15, 0.2) is 224 Å². The van der Waals surface area contributed by atoms with E-state index in [1.54, 1.807) is 77.8 Å². The van der Waals surface area contributed by atoms with Crippen molar-refractivity contribution in [3.05, 3.63) is 223 Å². The van der Waals surface area contributed by atoms with E-state index in [1.165, 1.54) is 93.8 Å². The van der Waals surface area contributed by atoms with E-state index >= 15 is 0 Å². The number of ether oxygens (including phenoxy) is 3. The fourth-order valence-corrected chi connectivity index (χ4v) is 28.4. The van der Waals surface area contributed by atoms with Crippen molar-refractivity contribution >= 4 is 78.7 Å². The molecule has 0 radical (unpaired) electrons. The lowest BCUT2D eigenvalue weighted by atomic mass is 9.95. The minimum atomic E-state index is -4.06. The van der Waals surface area contributed by atoms with Crippen molar-refractivity contribution in [2.75, 3.05) is 78.9 Å². The maximum Gasteiger partial charge on any atom is 0.265 e. The molecule has 10 N–H and O–H groups in total. The molecule has 5 aliphatic heterocycles. The van der Waals surface area contributed by atoms with Gasteiger partial charge in [0.2, 0.25) is 11.7 Å². The Balaban J connectivity index is 0.000000177. The highest BCUT2D eigenvalue weighted by atomic mass is 32.2. The second-order valence-electron chi connectivity index (χ2n) is 38.1. The lowest BCUT2D eigenvalue weighted by Crippen LogP contribution is -2.57. The highest BCUT2D eigenvalue weighted by Gasteiger charge is 2.58. The molecule has 15 rings (SSSR count). The zero-order valence-electron chi connectivity index (χ0n) is 85.6. The van der Waals surface area contributed by atoms with Gasteiger partial charge in [0, 0.05) is 131 Å². The maximum absolute atomic E-state index is 13.5. The van der Waals surface area contributed by atoms with Crippen LogP contribution in [0.5, 0.6) is 0 Å². The zero-order chi connectivity index (χ0) is 108. The van der Waals surface area contributed by atoms with Gasteiger partial charge in [0.15, 0.2) is 72.9 Å². The van der Waals surface area contributed by atoms with Crippen LogP contribution >= 0.6 is 0 Å². The van der Waals surface area contributed by atoms with Gasteiger partial charge in [-0.05, 0) is 260 Å². The molecule has 0 saturated carbocycles. The summed E-state index contributed by atoms with van der Waals surface area (Å²) < 4.78 is 146. The van der Waals surface area contributed by atoms with Gasteiger partial charge in [0.25, 0.3) is 29.5 Å². The van der Waals surface area contributed by atoms with Crippen LogP contribution in [0, 0.1) is 5.92 Å². The predicted molar refractivity (Wildman–Crippen MR) is 558 cm³/mol. The molecule has 5 amide bonds. The van der Waals surface area contributed by atoms with E-state index in [-0.39, 0.29) is 128 Å². The fraction of sp³-hybridized carbons (Fsp3) is 0.467. The third kappa shape index (κ3) is 27.2. The van der Waals surface area contributed by atoms with Gasteiger partial charge in [-0.3, -0.25) is 69.9 Å². The summed E-state index contributed by atoms with van der Waals surface area (Å²) in [5.41, 5.74) is 19.3. The van der Waals surface area contributed by atoms with E-state index in [9.17, 15) is 76.5 Å². The molecule has 10 heterocycles. The number of carbonyl (C=O) groups excluding carboxylic acids is 5. The second kappa shape index (κ2) is 54.0. The smallest absolute Gasteiger partial charge is 0.265 e. The molecule has 5 fully saturated rings. The van der Waals surface area contributed by atoms with Crippen molar-refractivity contribution in [3.8, 4) is 56.3 Å². The topological polar surface area (TPSA) is 542 Å². The third-order valence-electron chi connectivity index (χ3n) is 28.5. The third-order valence-corrected chi connectivity index (χ3v) is 41.1. The first kappa shape index (κ1) is 118. The summed E-state index contributed by atoms with van der Waals surface area (Å²) in [6.45, 7) is 21.2. The number of rotatable bonds is 37. The van der Waals surface area contributed by atoms with Gasteiger partial charge in [-0.1, -0.05) is 159 Å². The van der Waals surface area contributed by atoms with Crippen LogP contribution in [-0.4, -0.2) is 240 Å². The molecule has 42 heteroatoms. The second-order valence-corrected chi connectivity index (χ2v) is 49.4. The van der Waals surface area contributed by atoms with Crippen LogP contribution in [-0.2, 0) is 119 Å². The standard InChI is InChI=1S/2C23H31N3O4S.C22H28N2O5S.C21H26N2O5S.C18H23N3O6S/c1-3-5-6-18-7-12-21(24-17-18)19-8-10-20(11-9-19)31(29,30)23(22(27)25-28)13-15-26(4-2)16-14-23;1-3-5-6-20-10-7-19(17-24-20)18-8-11-21(12-9-18)31(29,30)23(22(27)25-28)13-15-26(4-2)16-14-23;1-16(2)3-4-17-5-10-20(23-15-17)18-6-8-19(9-7-18)30(27,28)22(21(25)24-26)11-13-29-14-12-22;1-2-3-4-16-5-10-19(22-15-16)17-6-8-18(9-7-17)29(26,27)21(20(24)23-25)11-13-28-14-12-21;1-2-3-4-15-19-16(21-27-15)13-5-7-14(8-6-13)28(24,25)18(17(22)20-23)9-11-26-12-10-18/h2*7-12,17,28H,3-6,13-16H2,1-2H3,(H,25,27);5-10,15-16,26H,3-4,11-14H2,1-2H3,(H,24,25);5-10,15,25H,2-4,11-14H2,1H3,(H,23,24);5-8,23H,2-4,9-12H2,1H3,(H,20,22). The molecule has 806 valence electrons. The summed E-state index contributed by atoms with van der Waals surface area (Å²) in [4.78, 5) is 88.6. The first-order valence-electron chi connectivity index (χ1n) is 50.7. The van der Waals surface area contributed by atoms with E-state index < -0.39 is 102 Å². The molecule has 5 aromatic carbocycles. The average molecular weight is 2150 g/mol. The molecule has 0 atom stereocenters. The molecule has 5 aliphatic rings. The normalized spacial score (nSPS) is 16.6. The Morgan fingerprint density at radius 1 is 0.322 bits per heavy atom. The molecule has 0 unspecified atom stereocenters. The Morgan fingerprint density at radius 3 is 0.866 bits per heavy atom. The molecule has 0 spiro atoms. The van der Waals surface area contributed by atoms with Crippen molar-refractivity contribution in [3.63, 3.8) is 0 Å². The van der Waals surface area contributed by atoms with Gasteiger partial charge in [0.1, 0.15) is 0 Å². The number of hydroxylamine groups is 5. The number of piperidine rings is 2. The van der Waals surface area contributed by atoms with Crippen molar-refractivity contribution < 1.29 is 111 Å². The van der Waals surface area contributed by atoms with Crippen LogP contribution in [0.25, 0.3) is 56.3 Å². The first-order chi connectivity index (χ1) is 71.4. The van der Waals surface area contributed by atoms with Crippen molar-refractivity contribution in [1.82, 2.24) is 67.3 Å². The summed E-state index contributed by atoms with van der Waals surface area (Å²) in [6, 6.07) is 47.6. The zero-order valence-corrected chi connectivity index (χ0v) is 89.7. The van der Waals surface area contributed by atoms with E-state index in [2.05, 4.69) is 81.4 Å². The number of nitrogens with zero attached hydrogens (tertiary/aromatic N) is 8. The maximum atomic E-state index is 13.5. The Kier molecular flexibility index (Phi) is 42.7. The van der Waals surface area contributed by atoms with Crippen LogP contribution in [0.2, 0.25) is 0 Å². The van der Waals surface area contributed by atoms with Gasteiger partial charge in [0.05, 0.1) is 41.6 Å². The molecule has 149 heavy (non-hydrogen) atoms. The largest absolute Gasteiger partial charge is 0.381 e. The van der Waals surface area contributed by atoms with Gasteiger partial charge in [-0.25, -0.2) is 69.5 Å². The number of nitrogens with one attached hydrogen (secondary N) is 5. The SMILES string of the molecule is CC(C)CCc1ccc(-c2ccc(S(=O)(=O)C3(C(=O)NO)CCOCC3)cc2)nc1.CCCCc1ccc(-c2ccc(S(=O)(=O)C3(C(=O)NO)CCN(CC)CC3)cc2)cn1.CCCCc1ccc(-c2ccc(S(=O)(=O)C3(C(=O)NO)CCN(CC)CC3)cc2)nc1.CCCCc1ccc(-c2ccc(S(=O)(=O)C3(C(=O)NO)CCOCC3)cc2)nc1.CCCCc1nc(-c2ccc(S(=O)(=O)C3(C(=O)NO)CCOCC3)cc2)no1. The number of amides is 5. The highest BCUT2D eigenvalue weighted by Crippen LogP contribution is 2.43. The van der Waals surface area contributed by atoms with Gasteiger partial charge < -0.3 is 28.5 Å². The van der Waals surface area contributed by atoms with E-state index in [0.717, 1.165) is 147 Å². The minimum absolute atomic E-state index is 0.00967. The lowest BCUT2D eigenvalue weighted by molar-refractivity contribution is -0.135. The van der Waals surface area contributed by atoms with Gasteiger partial charge in [-0.15, -0.1) is 0 Å². The van der Waals surface area contributed by atoms with Crippen molar-refractivity contribution in [2.24, 2.45) is 5.92 Å². The van der Waals surface area contributed by atoms with E-state index in [0.29, 0.717) is 55.8 Å². The lowest BCUT2D eigenvalue weighted by Gasteiger charge is -2.39. The van der Waals surface area contributed by atoms with Gasteiger partial charge in [-0.2, -0.15) is 4.98 Å². The number of hydrogen-bond donors (Lipinski definition) is 10. The average Bonchev–Trinajstić information content (AvgIpc) is 1.53. The van der Waals surface area contributed by atoms with E-state index in [1.807, 2.05) is 81.0 Å². The number of unbranched alkanes of at least 4 members (excludes halogenated alkanes) is 4. The molecule has 5 aromatic heterocycles. The Bertz CT molecular complexity index is 6480. The first-order valence-corrected chi connectivity index (χ1v) is 58.1. The number of aryl methyl sites for hydroxylation is 5. The Morgan fingerprint density at radius 2 is 0.597 bits per heavy atom. The molecule has 0 bridgehead atoms. The predicted octanol–water partition coefficient (Wildman–Crippen LogP) is 14.4. The van der Waals surface area contributed by atoms with Crippen LogP contribution in [0.1, 0.15) is 206 Å². The molecule has 10 aromatic rings. The summed E-state index contributed by atoms with van der Waals surface area (Å²) >= 11 is 0. The summed E-state index contributed by atoms with van der Waals surface area (Å²) in [5.74, 6) is -2.97. The van der Waals surface area contributed by atoms with Crippen molar-refractivity contribution in [1.29, 1.82) is 0 Å².